The zero-order chi connectivity index (χ0) is 20.8. The molecule has 0 rings (SSSR count). The van der Waals surface area contributed by atoms with E-state index >= 15 is 0 Å². The van der Waals surface area contributed by atoms with Crippen molar-refractivity contribution in [1.29, 1.82) is 0 Å². The molecule has 0 radical (unpaired) electrons. The van der Waals surface area contributed by atoms with E-state index in [4.69, 9.17) is 9.05 Å². The van der Waals surface area contributed by atoms with Gasteiger partial charge < -0.3 is 9.05 Å². The smallest absolute Gasteiger partial charge is 0.304 e. The summed E-state index contributed by atoms with van der Waals surface area (Å²) in [6, 6.07) is 0. The molecule has 0 N–H and O–H groups in total. The quantitative estimate of drug-likeness (QED) is 0.354. The lowest BCUT2D eigenvalue weighted by Gasteiger charge is -2.24. The van der Waals surface area contributed by atoms with Crippen molar-refractivity contribution >= 4 is 41.4 Å². The maximum atomic E-state index is 13.7. The number of hydrogen-bond donors (Lipinski definition) is 0. The number of thioether (sulfide) groups is 2. The van der Waals surface area contributed by atoms with Crippen molar-refractivity contribution in [3.63, 3.8) is 0 Å². The summed E-state index contributed by atoms with van der Waals surface area (Å²) in [6.07, 6.45) is 0. The molecule has 0 amide bonds. The summed E-state index contributed by atoms with van der Waals surface area (Å²) in [6.45, 7) is 10.3. The highest BCUT2D eigenvalue weighted by Gasteiger charge is 2.49. The molecule has 154 valence electrons. The molecule has 0 spiro atoms. The predicted molar refractivity (Wildman–Crippen MR) is 104 cm³/mol. The van der Waals surface area contributed by atoms with Gasteiger partial charge in [-0.3, -0.25) is 14.2 Å². The van der Waals surface area contributed by atoms with Crippen LogP contribution in [0.2, 0.25) is 0 Å². The summed E-state index contributed by atoms with van der Waals surface area (Å²) in [5.74, 6) is 0.188. The Labute approximate surface area is 163 Å². The van der Waals surface area contributed by atoms with Crippen molar-refractivity contribution < 1.29 is 32.0 Å². The second-order valence-corrected chi connectivity index (χ2v) is 12.2. The second kappa shape index (κ2) is 10.0. The second-order valence-electron chi connectivity index (χ2n) is 7.78. The van der Waals surface area contributed by atoms with Crippen LogP contribution in [-0.2, 0) is 23.2 Å². The van der Waals surface area contributed by atoms with Gasteiger partial charge in [0.05, 0.1) is 13.2 Å². The summed E-state index contributed by atoms with van der Waals surface area (Å²) >= 11 is 1.87. The zero-order valence-electron chi connectivity index (χ0n) is 16.4. The van der Waals surface area contributed by atoms with Crippen LogP contribution in [0.5, 0.6) is 0 Å². The highest BCUT2D eigenvalue weighted by atomic mass is 32.2. The first-order chi connectivity index (χ1) is 11.5. The predicted octanol–water partition coefficient (Wildman–Crippen LogP) is 5.44. The standard InChI is InChI=1S/C16H29F2O5PS2/c1-14(2,3)12(19)25-10-8-22-24(21,16(7,17)18)23-9-11-26-13(20)15(4,5)6/h8-11H2,1-7H3. The lowest BCUT2D eigenvalue weighted by atomic mass is 9.99. The minimum Gasteiger partial charge on any atom is -0.304 e. The van der Waals surface area contributed by atoms with E-state index in [1.54, 1.807) is 41.5 Å². The van der Waals surface area contributed by atoms with Crippen LogP contribution in [0.1, 0.15) is 48.5 Å². The number of carbonyl (C=O) groups is 2. The Morgan fingerprint density at radius 3 is 1.35 bits per heavy atom. The van der Waals surface area contributed by atoms with Gasteiger partial charge in [0.2, 0.25) is 0 Å². The van der Waals surface area contributed by atoms with Crippen molar-refractivity contribution in [2.45, 2.75) is 54.1 Å². The lowest BCUT2D eigenvalue weighted by molar-refractivity contribution is -0.118. The molecule has 0 saturated carbocycles. The number of halogens is 2. The van der Waals surface area contributed by atoms with Gasteiger partial charge in [-0.2, -0.15) is 8.78 Å². The fourth-order valence-corrected chi connectivity index (χ4v) is 4.29. The first kappa shape index (κ1) is 26.1. The third-order valence-electron chi connectivity index (χ3n) is 2.86. The van der Waals surface area contributed by atoms with Crippen molar-refractivity contribution in [2.24, 2.45) is 10.8 Å². The summed E-state index contributed by atoms with van der Waals surface area (Å²) in [5.41, 5.74) is -4.79. The van der Waals surface area contributed by atoms with E-state index in [-0.39, 0.29) is 35.0 Å². The maximum Gasteiger partial charge on any atom is 0.399 e. The van der Waals surface area contributed by atoms with Gasteiger partial charge in [0.25, 0.3) is 0 Å². The molecule has 10 heteroatoms. The van der Waals surface area contributed by atoms with E-state index in [9.17, 15) is 22.9 Å². The van der Waals surface area contributed by atoms with Gasteiger partial charge in [0, 0.05) is 29.3 Å². The van der Waals surface area contributed by atoms with Crippen molar-refractivity contribution in [2.75, 3.05) is 24.7 Å². The molecule has 0 aromatic rings. The van der Waals surface area contributed by atoms with Crippen LogP contribution in [0.15, 0.2) is 0 Å². The molecule has 0 unspecified atom stereocenters. The van der Waals surface area contributed by atoms with Crippen LogP contribution in [0.4, 0.5) is 8.78 Å². The fraction of sp³-hybridized carbons (Fsp3) is 0.875. The van der Waals surface area contributed by atoms with Crippen LogP contribution in [0, 0.1) is 10.8 Å². The SMILES string of the molecule is CC(C)(C)C(=O)SCCOP(=O)(OCCSC(=O)C(C)(C)C)C(C)(F)F. The largest absolute Gasteiger partial charge is 0.399 e. The molecule has 0 bridgehead atoms. The molecular formula is C16H29F2O5PS2. The minimum absolute atomic E-state index is 0.0940. The lowest BCUT2D eigenvalue weighted by Crippen LogP contribution is -2.20. The Hall–Kier alpha value is 0.0500. The highest BCUT2D eigenvalue weighted by molar-refractivity contribution is 8.14. The number of rotatable bonds is 9. The minimum atomic E-state index is -4.69. The van der Waals surface area contributed by atoms with E-state index < -0.39 is 24.1 Å². The molecular weight excluding hydrogens is 405 g/mol. The van der Waals surface area contributed by atoms with Gasteiger partial charge in [0.15, 0.2) is 10.2 Å². The molecule has 0 aliphatic rings. The normalized spacial score (nSPS) is 13.7. The summed E-state index contributed by atoms with van der Waals surface area (Å²) in [5, 5.41) is -0.227. The molecule has 0 aliphatic heterocycles. The molecule has 0 heterocycles. The average molecular weight is 435 g/mol. The van der Waals surface area contributed by atoms with Crippen molar-refractivity contribution in [1.82, 2.24) is 0 Å². The van der Waals surface area contributed by atoms with Crippen molar-refractivity contribution in [3.8, 4) is 0 Å². The topological polar surface area (TPSA) is 69.7 Å². The Morgan fingerprint density at radius 1 is 0.808 bits per heavy atom. The fourth-order valence-electron chi connectivity index (χ4n) is 1.28. The molecule has 0 saturated heterocycles. The number of carbonyl (C=O) groups excluding carboxylic acids is 2. The van der Waals surface area contributed by atoms with Crippen LogP contribution in [0.25, 0.3) is 0 Å². The maximum absolute atomic E-state index is 13.7. The van der Waals surface area contributed by atoms with Crippen molar-refractivity contribution in [3.05, 3.63) is 0 Å². The van der Waals surface area contributed by atoms with Gasteiger partial charge in [-0.15, -0.1) is 0 Å². The van der Waals surface area contributed by atoms with Gasteiger partial charge in [-0.25, -0.2) is 0 Å². The third-order valence-corrected chi connectivity index (χ3v) is 7.36. The zero-order valence-corrected chi connectivity index (χ0v) is 18.9. The molecule has 26 heavy (non-hydrogen) atoms. The van der Waals surface area contributed by atoms with Gasteiger partial charge in [0.1, 0.15) is 0 Å². The van der Waals surface area contributed by atoms with Crippen LogP contribution in [0.3, 0.4) is 0 Å². The summed E-state index contributed by atoms with van der Waals surface area (Å²) in [4.78, 5) is 23.5. The van der Waals surface area contributed by atoms with Crippen LogP contribution >= 0.6 is 31.1 Å². The van der Waals surface area contributed by atoms with E-state index in [0.29, 0.717) is 6.92 Å². The Balaban J connectivity index is 4.53. The number of hydrogen-bond acceptors (Lipinski definition) is 7. The Morgan fingerprint density at radius 2 is 1.12 bits per heavy atom. The van der Waals surface area contributed by atoms with E-state index in [1.807, 2.05) is 0 Å². The number of alkyl halides is 2. The molecule has 0 aromatic carbocycles. The molecule has 5 nitrogen and oxygen atoms in total. The van der Waals surface area contributed by atoms with E-state index in [0.717, 1.165) is 23.5 Å². The van der Waals surface area contributed by atoms with Crippen LogP contribution < -0.4 is 0 Å². The van der Waals surface area contributed by atoms with E-state index in [2.05, 4.69) is 0 Å². The first-order valence-electron chi connectivity index (χ1n) is 8.12. The first-order valence-corrected chi connectivity index (χ1v) is 11.6. The monoisotopic (exact) mass is 434 g/mol. The van der Waals surface area contributed by atoms with E-state index in [1.165, 1.54) is 0 Å². The molecule has 0 fully saturated rings. The summed E-state index contributed by atoms with van der Waals surface area (Å²) < 4.78 is 49.4. The van der Waals surface area contributed by atoms with Gasteiger partial charge >= 0.3 is 13.3 Å². The Bertz CT molecular complexity index is 498. The summed E-state index contributed by atoms with van der Waals surface area (Å²) in [7, 11) is -4.69. The Kier molecular flexibility index (Phi) is 10.0. The molecule has 0 aromatic heterocycles. The molecule has 0 aliphatic carbocycles. The highest BCUT2D eigenvalue weighted by Crippen LogP contribution is 2.61. The van der Waals surface area contributed by atoms with Gasteiger partial charge in [-0.05, 0) is 0 Å². The van der Waals surface area contributed by atoms with Gasteiger partial charge in [-0.1, -0.05) is 65.1 Å². The van der Waals surface area contributed by atoms with Crippen LogP contribution in [-0.4, -0.2) is 40.6 Å². The third kappa shape index (κ3) is 9.31. The average Bonchev–Trinajstić information content (AvgIpc) is 2.44. The molecule has 0 atom stereocenters.